The van der Waals surface area contributed by atoms with E-state index in [9.17, 15) is 0 Å². The molecular formula is C77H86BN3S. The first-order valence-corrected chi connectivity index (χ1v) is 31.3. The highest BCUT2D eigenvalue weighted by molar-refractivity contribution is 7.25. The number of nitrogens with zero attached hydrogens (tertiary/aromatic N) is 3. The fourth-order valence-electron chi connectivity index (χ4n) is 15.2. The molecule has 3 heterocycles. The summed E-state index contributed by atoms with van der Waals surface area (Å²) in [6.45, 7) is 45.3. The summed E-state index contributed by atoms with van der Waals surface area (Å²) in [5.74, 6) is 0. The molecule has 0 atom stereocenters. The fraction of sp³-hybridized carbons (Fsp3) is 0.377. The topological polar surface area (TPSA) is 9.72 Å². The number of hydrogen-bond donors (Lipinski definition) is 0. The van der Waals surface area contributed by atoms with Crippen LogP contribution in [0.25, 0.3) is 20.2 Å². The SMILES string of the molecule is Cc1cc2c3c(c1)N(c1cc4c(cc1C)C(C)(C)CCC4(C)C)c1cc4c(cc1B3c1ccc(N(c3ccc(C(C)(C)C)cc3)c3ccc(C(C)(C)C)cc3)cc1N2c1ccc2c(c1)sc1cc(C(C)(C)C)ccc12)C(C)(C)CC4(C)C. The van der Waals surface area contributed by atoms with Gasteiger partial charge < -0.3 is 14.7 Å². The molecule has 5 heteroatoms. The summed E-state index contributed by atoms with van der Waals surface area (Å²) < 4.78 is 2.65. The van der Waals surface area contributed by atoms with Crippen LogP contribution in [0.1, 0.15) is 187 Å². The van der Waals surface area contributed by atoms with Crippen molar-refractivity contribution in [1.29, 1.82) is 0 Å². The Hall–Kier alpha value is -6.56. The van der Waals surface area contributed by atoms with E-state index < -0.39 is 0 Å². The highest BCUT2D eigenvalue weighted by Crippen LogP contribution is 2.55. The third-order valence-corrected chi connectivity index (χ3v) is 21.0. The highest BCUT2D eigenvalue weighted by atomic mass is 32.1. The normalized spacial score (nSPS) is 17.4. The molecule has 0 unspecified atom stereocenters. The Morgan fingerprint density at radius 1 is 0.415 bits per heavy atom. The van der Waals surface area contributed by atoms with Crippen LogP contribution in [0.5, 0.6) is 0 Å². The third-order valence-electron chi connectivity index (χ3n) is 19.9. The summed E-state index contributed by atoms with van der Waals surface area (Å²) in [6.07, 6.45) is 3.47. The molecule has 0 fully saturated rings. The molecule has 0 radical (unpaired) electrons. The van der Waals surface area contributed by atoms with Gasteiger partial charge in [-0.2, -0.15) is 0 Å². The average Bonchev–Trinajstić information content (AvgIpc) is 1.18. The number of fused-ring (bicyclic) bond motifs is 9. The Kier molecular flexibility index (Phi) is 12.0. The van der Waals surface area contributed by atoms with Crippen molar-refractivity contribution in [3.8, 4) is 0 Å². The van der Waals surface area contributed by atoms with Gasteiger partial charge in [-0.1, -0.05) is 178 Å². The van der Waals surface area contributed by atoms with Gasteiger partial charge in [0.15, 0.2) is 0 Å². The lowest BCUT2D eigenvalue weighted by Crippen LogP contribution is -2.61. The molecular weight excluding hydrogens is 1010 g/mol. The lowest BCUT2D eigenvalue weighted by molar-refractivity contribution is 0.332. The van der Waals surface area contributed by atoms with E-state index in [0.717, 1.165) is 23.5 Å². The lowest BCUT2D eigenvalue weighted by atomic mass is 9.33. The first-order chi connectivity index (χ1) is 38.3. The van der Waals surface area contributed by atoms with Crippen molar-refractivity contribution in [1.82, 2.24) is 0 Å². The Morgan fingerprint density at radius 2 is 0.878 bits per heavy atom. The van der Waals surface area contributed by atoms with Crippen LogP contribution in [-0.2, 0) is 37.9 Å². The van der Waals surface area contributed by atoms with Gasteiger partial charge in [-0.25, -0.2) is 0 Å². The maximum atomic E-state index is 2.73. The van der Waals surface area contributed by atoms with E-state index in [1.54, 1.807) is 0 Å². The summed E-state index contributed by atoms with van der Waals surface area (Å²) in [5, 5.41) is 2.65. The number of anilines is 9. The molecule has 0 spiro atoms. The fourth-order valence-corrected chi connectivity index (χ4v) is 16.4. The molecule has 0 amide bonds. The minimum absolute atomic E-state index is 0.0126. The molecule has 82 heavy (non-hydrogen) atoms. The predicted molar refractivity (Wildman–Crippen MR) is 360 cm³/mol. The number of rotatable bonds is 5. The number of benzene rings is 8. The van der Waals surface area contributed by atoms with Gasteiger partial charge in [0.25, 0.3) is 6.71 Å². The van der Waals surface area contributed by atoms with E-state index in [0.29, 0.717) is 0 Å². The lowest BCUT2D eigenvalue weighted by Gasteiger charge is -2.46. The molecule has 1 aromatic heterocycles. The van der Waals surface area contributed by atoms with Gasteiger partial charge in [0.2, 0.25) is 0 Å². The van der Waals surface area contributed by atoms with Gasteiger partial charge >= 0.3 is 0 Å². The Morgan fingerprint density at radius 3 is 1.45 bits per heavy atom. The van der Waals surface area contributed by atoms with Crippen LogP contribution in [0.2, 0.25) is 0 Å². The zero-order valence-corrected chi connectivity index (χ0v) is 53.5. The summed E-state index contributed by atoms with van der Waals surface area (Å²) in [4.78, 5) is 7.88. The third kappa shape index (κ3) is 8.62. The van der Waals surface area contributed by atoms with E-state index in [-0.39, 0.29) is 44.6 Å². The van der Waals surface area contributed by atoms with Crippen molar-refractivity contribution in [2.45, 2.75) is 189 Å². The van der Waals surface area contributed by atoms with E-state index in [4.69, 9.17) is 0 Å². The minimum Gasteiger partial charge on any atom is -0.311 e. The van der Waals surface area contributed by atoms with Crippen LogP contribution in [-0.4, -0.2) is 6.71 Å². The van der Waals surface area contributed by atoms with E-state index >= 15 is 0 Å². The van der Waals surface area contributed by atoms with Crippen LogP contribution in [0.3, 0.4) is 0 Å². The van der Waals surface area contributed by atoms with Crippen molar-refractivity contribution < 1.29 is 0 Å². The van der Waals surface area contributed by atoms with E-state index in [1.165, 1.54) is 134 Å². The van der Waals surface area contributed by atoms with Gasteiger partial charge in [0.05, 0.1) is 0 Å². The molecule has 13 rings (SSSR count). The van der Waals surface area contributed by atoms with Crippen molar-refractivity contribution in [3.63, 3.8) is 0 Å². The minimum atomic E-state index is -0.0234. The van der Waals surface area contributed by atoms with Gasteiger partial charge in [-0.3, -0.25) is 0 Å². The molecule has 418 valence electrons. The summed E-state index contributed by atoms with van der Waals surface area (Å²) in [6, 6.07) is 56.2. The molecule has 9 aromatic rings. The predicted octanol–water partition coefficient (Wildman–Crippen LogP) is 20.4. The molecule has 4 aliphatic rings. The quantitative estimate of drug-likeness (QED) is 0.159. The summed E-state index contributed by atoms with van der Waals surface area (Å²) in [5.41, 5.74) is 28.0. The average molecular weight is 1100 g/mol. The van der Waals surface area contributed by atoms with Crippen molar-refractivity contribution in [2.24, 2.45) is 0 Å². The molecule has 0 bridgehead atoms. The molecule has 8 aromatic carbocycles. The van der Waals surface area contributed by atoms with Crippen molar-refractivity contribution in [2.75, 3.05) is 14.7 Å². The number of thiophene rings is 1. The largest absolute Gasteiger partial charge is 0.311 e. The van der Waals surface area contributed by atoms with Gasteiger partial charge in [0.1, 0.15) is 0 Å². The molecule has 2 aliphatic carbocycles. The van der Waals surface area contributed by atoms with Crippen LogP contribution in [0, 0.1) is 13.8 Å². The highest BCUT2D eigenvalue weighted by Gasteiger charge is 2.49. The van der Waals surface area contributed by atoms with Crippen molar-refractivity contribution in [3.05, 3.63) is 190 Å². The maximum Gasteiger partial charge on any atom is 0.252 e. The first kappa shape index (κ1) is 54.7. The van der Waals surface area contributed by atoms with Crippen molar-refractivity contribution >= 4 is 106 Å². The second-order valence-electron chi connectivity index (χ2n) is 31.1. The molecule has 0 N–H and O–H groups in total. The molecule has 3 nitrogen and oxygen atoms in total. The molecule has 2 aliphatic heterocycles. The van der Waals surface area contributed by atoms with Gasteiger partial charge in [-0.05, 0) is 216 Å². The second kappa shape index (κ2) is 18.0. The van der Waals surface area contributed by atoms with E-state index in [1.807, 2.05) is 11.3 Å². The first-order valence-electron chi connectivity index (χ1n) is 30.5. The Labute approximate surface area is 495 Å². The number of aryl methyl sites for hydroxylation is 2. The summed E-state index contributed by atoms with van der Waals surface area (Å²) >= 11 is 1.93. The molecule has 0 saturated heterocycles. The van der Waals surface area contributed by atoms with Crippen LogP contribution in [0.4, 0.5) is 51.2 Å². The van der Waals surface area contributed by atoms with Gasteiger partial charge in [0, 0.05) is 71.4 Å². The Balaban J connectivity index is 1.11. The van der Waals surface area contributed by atoms with Crippen LogP contribution < -0.4 is 31.1 Å². The Bertz CT molecular complexity index is 4050. The smallest absolute Gasteiger partial charge is 0.252 e. The standard InChI is InChI=1S/C77H86BN3S/c1-46-36-66-70-67(37-46)81(63-43-59-57(38-47(63)2)74(12,13)34-35-75(59,14)15)65-44-60-58(76(16,17)45-77(60,18)19)42-62(65)78(70)61-33-30-53(79(51-25-20-48(21-26-51)71(3,4)5)52-27-22-49(23-28-52)72(6,7)8)40-64(61)80(66)54-29-32-56-55-31-24-50(73(9,10)11)39-68(55)82-69(56)41-54/h20-33,36-44H,34-35,45H2,1-19H3. The zero-order valence-electron chi connectivity index (χ0n) is 52.7. The van der Waals surface area contributed by atoms with Crippen LogP contribution >= 0.6 is 11.3 Å². The second-order valence-corrected chi connectivity index (χ2v) is 32.2. The van der Waals surface area contributed by atoms with Crippen LogP contribution in [0.15, 0.2) is 140 Å². The van der Waals surface area contributed by atoms with E-state index in [2.05, 4.69) is 286 Å². The van der Waals surface area contributed by atoms with Gasteiger partial charge in [-0.15, -0.1) is 11.3 Å². The number of hydrogen-bond acceptors (Lipinski definition) is 4. The zero-order chi connectivity index (χ0) is 58.3. The maximum absolute atomic E-state index is 2.73. The molecule has 0 saturated carbocycles. The summed E-state index contributed by atoms with van der Waals surface area (Å²) in [7, 11) is 0. The monoisotopic (exact) mass is 1100 g/mol.